The van der Waals surface area contributed by atoms with Crippen LogP contribution in [0.25, 0.3) is 0 Å². The molecule has 1 aromatic carbocycles. The summed E-state index contributed by atoms with van der Waals surface area (Å²) in [7, 11) is -3.56. The Morgan fingerprint density at radius 1 is 1.19 bits per heavy atom. The predicted octanol–water partition coefficient (Wildman–Crippen LogP) is 3.79. The van der Waals surface area contributed by atoms with Gasteiger partial charge in [-0.15, -0.1) is 0 Å². The molecule has 0 bridgehead atoms. The highest BCUT2D eigenvalue weighted by Crippen LogP contribution is 2.30. The Bertz CT molecular complexity index is 590. The van der Waals surface area contributed by atoms with Gasteiger partial charge in [0.25, 0.3) is 0 Å². The van der Waals surface area contributed by atoms with Gasteiger partial charge in [0.05, 0.1) is 4.90 Å². The van der Waals surface area contributed by atoms with Gasteiger partial charge in [0.2, 0.25) is 10.0 Å². The minimum atomic E-state index is -3.56. The van der Waals surface area contributed by atoms with Gasteiger partial charge < -0.3 is 0 Å². The van der Waals surface area contributed by atoms with Crippen molar-refractivity contribution in [3.63, 3.8) is 0 Å². The van der Waals surface area contributed by atoms with Crippen molar-refractivity contribution in [1.82, 2.24) is 4.31 Å². The molecule has 5 heteroatoms. The molecular weight excluding hydrogens is 289 g/mol. The average molecular weight is 313 g/mol. The normalized spacial score (nSPS) is 21.2. The summed E-state index contributed by atoms with van der Waals surface area (Å²) in [5.74, 6) is -0.383. The maximum absolute atomic E-state index is 13.4. The van der Waals surface area contributed by atoms with Gasteiger partial charge in [-0.3, -0.25) is 0 Å². The molecule has 1 atom stereocenters. The molecule has 0 radical (unpaired) electrons. The molecule has 0 aliphatic carbocycles. The van der Waals surface area contributed by atoms with Gasteiger partial charge in [-0.2, -0.15) is 4.31 Å². The van der Waals surface area contributed by atoms with Crippen LogP contribution in [0.15, 0.2) is 17.0 Å². The lowest BCUT2D eigenvalue weighted by Gasteiger charge is -2.29. The molecule has 0 aromatic heterocycles. The molecule has 2 rings (SSSR count). The molecule has 118 valence electrons. The molecule has 0 N–H and O–H groups in total. The van der Waals surface area contributed by atoms with E-state index in [0.29, 0.717) is 17.7 Å². The van der Waals surface area contributed by atoms with Crippen molar-refractivity contribution in [2.24, 2.45) is 0 Å². The van der Waals surface area contributed by atoms with E-state index >= 15 is 0 Å². The minimum absolute atomic E-state index is 0.0568. The highest BCUT2D eigenvalue weighted by molar-refractivity contribution is 7.89. The van der Waals surface area contributed by atoms with Crippen LogP contribution < -0.4 is 0 Å². The smallest absolute Gasteiger partial charge is 0.207 e. The van der Waals surface area contributed by atoms with Crippen molar-refractivity contribution in [3.05, 3.63) is 29.1 Å². The van der Waals surface area contributed by atoms with Gasteiger partial charge in [-0.25, -0.2) is 12.8 Å². The standard InChI is InChI=1S/C16H24FNO2S/c1-4-15-8-6-5-7-9-18(15)21(19,20)16-12(2)10-14(17)11-13(16)3/h10-11,15H,4-9H2,1-3H3. The summed E-state index contributed by atoms with van der Waals surface area (Å²) in [6.45, 7) is 5.93. The predicted molar refractivity (Wildman–Crippen MR) is 82.3 cm³/mol. The van der Waals surface area contributed by atoms with Gasteiger partial charge in [-0.05, 0) is 56.4 Å². The van der Waals surface area contributed by atoms with Crippen LogP contribution in [-0.4, -0.2) is 25.3 Å². The largest absolute Gasteiger partial charge is 0.243 e. The van der Waals surface area contributed by atoms with Crippen LogP contribution in [0, 0.1) is 19.7 Å². The van der Waals surface area contributed by atoms with E-state index in [1.807, 2.05) is 6.92 Å². The highest BCUT2D eigenvalue weighted by Gasteiger charge is 2.33. The van der Waals surface area contributed by atoms with Gasteiger partial charge in [0, 0.05) is 12.6 Å². The van der Waals surface area contributed by atoms with Crippen LogP contribution in [0.3, 0.4) is 0 Å². The summed E-state index contributed by atoms with van der Waals surface area (Å²) in [4.78, 5) is 0.282. The Kier molecular flexibility index (Phi) is 5.04. The van der Waals surface area contributed by atoms with E-state index in [1.165, 1.54) is 12.1 Å². The lowest BCUT2D eigenvalue weighted by atomic mass is 10.1. The second-order valence-corrected chi connectivity index (χ2v) is 7.72. The monoisotopic (exact) mass is 313 g/mol. The molecule has 1 fully saturated rings. The van der Waals surface area contributed by atoms with E-state index in [4.69, 9.17) is 0 Å². The molecule has 1 unspecified atom stereocenters. The zero-order valence-corrected chi connectivity index (χ0v) is 13.8. The molecule has 1 aliphatic rings. The van der Waals surface area contributed by atoms with E-state index in [9.17, 15) is 12.8 Å². The number of hydrogen-bond acceptors (Lipinski definition) is 2. The lowest BCUT2D eigenvalue weighted by Crippen LogP contribution is -2.40. The van der Waals surface area contributed by atoms with Crippen molar-refractivity contribution in [2.45, 2.75) is 63.8 Å². The Morgan fingerprint density at radius 3 is 2.38 bits per heavy atom. The van der Waals surface area contributed by atoms with E-state index < -0.39 is 10.0 Å². The SMILES string of the molecule is CCC1CCCCCN1S(=O)(=O)c1c(C)cc(F)cc1C. The van der Waals surface area contributed by atoms with Crippen LogP contribution in [0.4, 0.5) is 4.39 Å². The second kappa shape index (κ2) is 6.44. The molecule has 0 saturated carbocycles. The van der Waals surface area contributed by atoms with E-state index in [1.54, 1.807) is 18.2 Å². The van der Waals surface area contributed by atoms with E-state index in [0.717, 1.165) is 32.1 Å². The first-order valence-electron chi connectivity index (χ1n) is 7.66. The second-order valence-electron chi connectivity index (χ2n) is 5.90. The zero-order chi connectivity index (χ0) is 15.6. The average Bonchev–Trinajstić information content (AvgIpc) is 2.62. The van der Waals surface area contributed by atoms with Gasteiger partial charge >= 0.3 is 0 Å². The van der Waals surface area contributed by atoms with Gasteiger partial charge in [0.1, 0.15) is 5.82 Å². The summed E-state index contributed by atoms with van der Waals surface area (Å²) < 4.78 is 41.2. The molecular formula is C16H24FNO2S. The molecule has 1 heterocycles. The zero-order valence-electron chi connectivity index (χ0n) is 13.0. The lowest BCUT2D eigenvalue weighted by molar-refractivity contribution is 0.314. The number of halogens is 1. The number of sulfonamides is 1. The van der Waals surface area contributed by atoms with Crippen molar-refractivity contribution in [3.8, 4) is 0 Å². The summed E-state index contributed by atoms with van der Waals surface area (Å²) in [6.07, 6.45) is 4.78. The topological polar surface area (TPSA) is 37.4 Å². The third kappa shape index (κ3) is 3.29. The summed E-state index contributed by atoms with van der Waals surface area (Å²) in [5.41, 5.74) is 0.984. The van der Waals surface area contributed by atoms with E-state index in [2.05, 4.69) is 0 Å². The van der Waals surface area contributed by atoms with E-state index in [-0.39, 0.29) is 16.8 Å². The Hall–Kier alpha value is -0.940. The minimum Gasteiger partial charge on any atom is -0.207 e. The number of aryl methyl sites for hydroxylation is 2. The van der Waals surface area contributed by atoms with Crippen molar-refractivity contribution < 1.29 is 12.8 Å². The quantitative estimate of drug-likeness (QED) is 0.851. The van der Waals surface area contributed by atoms with Crippen LogP contribution in [0.1, 0.15) is 50.2 Å². The summed E-state index contributed by atoms with van der Waals surface area (Å²) >= 11 is 0. The van der Waals surface area contributed by atoms with Crippen LogP contribution >= 0.6 is 0 Å². The molecule has 0 spiro atoms. The van der Waals surface area contributed by atoms with Crippen LogP contribution in [0.2, 0.25) is 0 Å². The van der Waals surface area contributed by atoms with Crippen molar-refractivity contribution in [2.75, 3.05) is 6.54 Å². The van der Waals surface area contributed by atoms with Gasteiger partial charge in [-0.1, -0.05) is 19.8 Å². The molecule has 3 nitrogen and oxygen atoms in total. The first kappa shape index (κ1) is 16.4. The Labute approximate surface area is 127 Å². The maximum Gasteiger partial charge on any atom is 0.243 e. The number of hydrogen-bond donors (Lipinski definition) is 0. The third-order valence-corrected chi connectivity index (χ3v) is 6.54. The Morgan fingerprint density at radius 2 is 1.81 bits per heavy atom. The van der Waals surface area contributed by atoms with Crippen molar-refractivity contribution >= 4 is 10.0 Å². The highest BCUT2D eigenvalue weighted by atomic mass is 32.2. The maximum atomic E-state index is 13.4. The molecule has 1 aromatic rings. The summed E-state index contributed by atoms with van der Waals surface area (Å²) in [6, 6.07) is 2.67. The number of nitrogens with zero attached hydrogens (tertiary/aromatic N) is 1. The first-order valence-corrected chi connectivity index (χ1v) is 9.10. The number of benzene rings is 1. The molecule has 21 heavy (non-hydrogen) atoms. The molecule has 1 aliphatic heterocycles. The first-order chi connectivity index (χ1) is 9.87. The van der Waals surface area contributed by atoms with Crippen LogP contribution in [0.5, 0.6) is 0 Å². The van der Waals surface area contributed by atoms with Gasteiger partial charge in [0.15, 0.2) is 0 Å². The Balaban J connectivity index is 2.50. The third-order valence-electron chi connectivity index (χ3n) is 4.29. The van der Waals surface area contributed by atoms with Crippen molar-refractivity contribution in [1.29, 1.82) is 0 Å². The fourth-order valence-corrected chi connectivity index (χ4v) is 5.48. The summed E-state index contributed by atoms with van der Waals surface area (Å²) in [5, 5.41) is 0. The number of rotatable bonds is 3. The van der Waals surface area contributed by atoms with Crippen LogP contribution in [-0.2, 0) is 10.0 Å². The molecule has 1 saturated heterocycles. The fraction of sp³-hybridized carbons (Fsp3) is 0.625. The molecule has 0 amide bonds. The fourth-order valence-electron chi connectivity index (χ4n) is 3.30.